The van der Waals surface area contributed by atoms with Crippen molar-refractivity contribution in [3.63, 3.8) is 0 Å². The molecule has 0 aliphatic carbocycles. The van der Waals surface area contributed by atoms with Crippen molar-refractivity contribution < 1.29 is 4.79 Å². The molecule has 0 aromatic rings. The van der Waals surface area contributed by atoms with Crippen LogP contribution in [0.4, 0.5) is 0 Å². The Morgan fingerprint density at radius 1 is 1.41 bits per heavy atom. The van der Waals surface area contributed by atoms with Crippen LogP contribution in [-0.2, 0) is 4.79 Å². The number of hydrogen-bond donors (Lipinski definition) is 1. The summed E-state index contributed by atoms with van der Waals surface area (Å²) in [6.45, 7) is 12.7. The molecule has 0 aliphatic heterocycles. The summed E-state index contributed by atoms with van der Waals surface area (Å²) in [7, 11) is 0. The first-order valence-corrected chi connectivity index (χ1v) is 6.61. The number of amides is 1. The second-order valence-corrected chi connectivity index (χ2v) is 4.72. The molecule has 0 bridgehead atoms. The quantitative estimate of drug-likeness (QED) is 0.772. The van der Waals surface area contributed by atoms with Crippen molar-refractivity contribution in [2.45, 2.75) is 60.8 Å². The fourth-order valence-corrected chi connectivity index (χ4v) is 1.11. The van der Waals surface area contributed by atoms with Gasteiger partial charge in [-0.15, -0.1) is 0 Å². The summed E-state index contributed by atoms with van der Waals surface area (Å²) in [5.74, 6) is 0.529. The van der Waals surface area contributed by atoms with Crippen molar-refractivity contribution in [2.75, 3.05) is 6.54 Å². The van der Waals surface area contributed by atoms with E-state index in [0.717, 1.165) is 6.42 Å². The normalized spacial score (nSPS) is 13.1. The van der Waals surface area contributed by atoms with E-state index in [4.69, 9.17) is 5.26 Å². The highest BCUT2D eigenvalue weighted by Crippen LogP contribution is 2.25. The molecule has 1 amide bonds. The molecule has 0 saturated heterocycles. The second-order valence-electron chi connectivity index (χ2n) is 4.72. The van der Waals surface area contributed by atoms with Crippen LogP contribution in [0.15, 0.2) is 0 Å². The number of carbonyl (C=O) groups excluding carboxylic acids is 1. The molecule has 0 aliphatic rings. The summed E-state index contributed by atoms with van der Waals surface area (Å²) in [6.07, 6.45) is 1.88. The maximum Gasteiger partial charge on any atom is 0.220 e. The molecule has 0 aromatic heterocycles. The summed E-state index contributed by atoms with van der Waals surface area (Å²) in [4.78, 5) is 11.4. The lowest BCUT2D eigenvalue weighted by atomic mass is 9.84. The molecular formula is C14H28N2O. The third-order valence-corrected chi connectivity index (χ3v) is 2.66. The van der Waals surface area contributed by atoms with E-state index in [2.05, 4.69) is 25.2 Å². The lowest BCUT2D eigenvalue weighted by molar-refractivity contribution is -0.121. The van der Waals surface area contributed by atoms with Gasteiger partial charge in [0.05, 0.1) is 11.5 Å². The molecule has 0 aromatic carbocycles. The number of rotatable bonds is 6. The van der Waals surface area contributed by atoms with Gasteiger partial charge in [-0.05, 0) is 25.7 Å². The lowest BCUT2D eigenvalue weighted by Crippen LogP contribution is -2.28. The Kier molecular flexibility index (Phi) is 10.9. The van der Waals surface area contributed by atoms with Gasteiger partial charge in [-0.25, -0.2) is 0 Å². The van der Waals surface area contributed by atoms with Crippen LogP contribution in [-0.4, -0.2) is 12.5 Å². The van der Waals surface area contributed by atoms with Crippen LogP contribution < -0.4 is 5.32 Å². The zero-order valence-electron chi connectivity index (χ0n) is 12.3. The molecule has 0 radical (unpaired) electrons. The number of hydrogen-bond acceptors (Lipinski definition) is 2. The minimum absolute atomic E-state index is 0.0543. The minimum atomic E-state index is -0.352. The van der Waals surface area contributed by atoms with Gasteiger partial charge in [0.15, 0.2) is 0 Å². The number of nitriles is 1. The predicted molar refractivity (Wildman–Crippen MR) is 72.4 cm³/mol. The van der Waals surface area contributed by atoms with E-state index in [9.17, 15) is 4.79 Å². The maximum atomic E-state index is 11.4. The first kappa shape index (κ1) is 18.3. The van der Waals surface area contributed by atoms with Gasteiger partial charge >= 0.3 is 0 Å². The summed E-state index contributed by atoms with van der Waals surface area (Å²) in [5, 5.41) is 11.8. The molecule has 3 nitrogen and oxygen atoms in total. The fourth-order valence-electron chi connectivity index (χ4n) is 1.11. The first-order valence-electron chi connectivity index (χ1n) is 6.61. The zero-order chi connectivity index (χ0) is 13.9. The van der Waals surface area contributed by atoms with Crippen molar-refractivity contribution in [1.29, 1.82) is 5.26 Å². The monoisotopic (exact) mass is 240 g/mol. The van der Waals surface area contributed by atoms with Crippen LogP contribution in [0, 0.1) is 22.7 Å². The van der Waals surface area contributed by atoms with Crippen LogP contribution in [0.5, 0.6) is 0 Å². The Hall–Kier alpha value is -1.04. The van der Waals surface area contributed by atoms with Gasteiger partial charge in [-0.3, -0.25) is 4.79 Å². The molecule has 0 spiro atoms. The van der Waals surface area contributed by atoms with Gasteiger partial charge in [-0.2, -0.15) is 5.26 Å². The van der Waals surface area contributed by atoms with E-state index >= 15 is 0 Å². The van der Waals surface area contributed by atoms with Gasteiger partial charge in [0, 0.05) is 13.0 Å². The van der Waals surface area contributed by atoms with Crippen molar-refractivity contribution in [2.24, 2.45) is 11.3 Å². The molecule has 0 saturated carbocycles. The van der Waals surface area contributed by atoms with Crippen LogP contribution in [0.3, 0.4) is 0 Å². The third-order valence-electron chi connectivity index (χ3n) is 2.66. The van der Waals surface area contributed by atoms with Crippen molar-refractivity contribution in [3.8, 4) is 6.07 Å². The van der Waals surface area contributed by atoms with Gasteiger partial charge in [0.25, 0.3) is 0 Å². The molecular weight excluding hydrogens is 212 g/mol. The standard InChI is InChI=1S/C12H22N2O.C2H6/c1-5-12(4,9-13)7-6-11(15)14-8-10(2)3;1-2/h10H,5-8H2,1-4H3,(H,14,15);1-2H3. The average Bonchev–Trinajstić information content (AvgIpc) is 2.35. The van der Waals surface area contributed by atoms with E-state index in [0.29, 0.717) is 25.3 Å². The van der Waals surface area contributed by atoms with Crippen LogP contribution in [0.2, 0.25) is 0 Å². The average molecular weight is 240 g/mol. The molecule has 3 heteroatoms. The van der Waals surface area contributed by atoms with Crippen molar-refractivity contribution in [3.05, 3.63) is 0 Å². The van der Waals surface area contributed by atoms with E-state index in [1.165, 1.54) is 0 Å². The van der Waals surface area contributed by atoms with E-state index in [1.54, 1.807) is 0 Å². The third kappa shape index (κ3) is 9.86. The fraction of sp³-hybridized carbons (Fsp3) is 0.857. The SMILES string of the molecule is CC.CCC(C)(C#N)CCC(=O)NCC(C)C. The molecule has 1 N–H and O–H groups in total. The topological polar surface area (TPSA) is 52.9 Å². The molecule has 1 atom stereocenters. The van der Waals surface area contributed by atoms with Crippen molar-refractivity contribution in [1.82, 2.24) is 5.32 Å². The summed E-state index contributed by atoms with van der Waals surface area (Å²) in [5.41, 5.74) is -0.352. The summed E-state index contributed by atoms with van der Waals surface area (Å²) in [6, 6.07) is 2.27. The van der Waals surface area contributed by atoms with Gasteiger partial charge in [0.2, 0.25) is 5.91 Å². The highest BCUT2D eigenvalue weighted by molar-refractivity contribution is 5.75. The predicted octanol–water partition coefficient (Wildman–Crippen LogP) is 3.50. The Morgan fingerprint density at radius 3 is 2.29 bits per heavy atom. The molecule has 1 unspecified atom stereocenters. The molecule has 0 fully saturated rings. The first-order chi connectivity index (χ1) is 7.93. The van der Waals surface area contributed by atoms with E-state index in [1.807, 2.05) is 27.7 Å². The van der Waals surface area contributed by atoms with Crippen LogP contribution >= 0.6 is 0 Å². The van der Waals surface area contributed by atoms with E-state index in [-0.39, 0.29) is 11.3 Å². The Bertz CT molecular complexity index is 243. The molecule has 0 heterocycles. The Morgan fingerprint density at radius 2 is 1.94 bits per heavy atom. The molecule has 0 rings (SSSR count). The highest BCUT2D eigenvalue weighted by Gasteiger charge is 2.22. The van der Waals surface area contributed by atoms with E-state index < -0.39 is 0 Å². The van der Waals surface area contributed by atoms with Gasteiger partial charge in [-0.1, -0.05) is 34.6 Å². The Balaban J connectivity index is 0. The Labute approximate surface area is 107 Å². The molecule has 100 valence electrons. The second kappa shape index (κ2) is 10.1. The van der Waals surface area contributed by atoms with Crippen LogP contribution in [0.25, 0.3) is 0 Å². The highest BCUT2D eigenvalue weighted by atomic mass is 16.1. The largest absolute Gasteiger partial charge is 0.356 e. The lowest BCUT2D eigenvalue weighted by Gasteiger charge is -2.18. The smallest absolute Gasteiger partial charge is 0.220 e. The van der Waals surface area contributed by atoms with Crippen molar-refractivity contribution >= 4 is 5.91 Å². The minimum Gasteiger partial charge on any atom is -0.356 e. The van der Waals surface area contributed by atoms with Gasteiger partial charge in [0.1, 0.15) is 0 Å². The van der Waals surface area contributed by atoms with Gasteiger partial charge < -0.3 is 5.32 Å². The molecule has 17 heavy (non-hydrogen) atoms. The van der Waals surface area contributed by atoms with Crippen LogP contribution in [0.1, 0.15) is 60.8 Å². The number of nitrogens with zero attached hydrogens (tertiary/aromatic N) is 1. The summed E-state index contributed by atoms with van der Waals surface area (Å²) >= 11 is 0. The number of carbonyl (C=O) groups is 1. The summed E-state index contributed by atoms with van der Waals surface area (Å²) < 4.78 is 0. The zero-order valence-corrected chi connectivity index (χ0v) is 12.3. The maximum absolute atomic E-state index is 11.4. The number of nitrogens with one attached hydrogen (secondary N) is 1.